The molecule has 3 rings (SSSR count). The molecule has 0 heterocycles. The Morgan fingerprint density at radius 3 is 1.96 bits per heavy atom. The summed E-state index contributed by atoms with van der Waals surface area (Å²) in [7, 11) is 0. The van der Waals surface area contributed by atoms with Crippen LogP contribution in [-0.2, 0) is 6.61 Å². The van der Waals surface area contributed by atoms with Crippen molar-refractivity contribution in [3.8, 4) is 11.5 Å². The van der Waals surface area contributed by atoms with Crippen LogP contribution in [0.1, 0.15) is 5.56 Å². The van der Waals surface area contributed by atoms with E-state index in [9.17, 15) is 5.11 Å². The first-order valence-electron chi connectivity index (χ1n) is 8.66. The first kappa shape index (κ1) is 17.8. The molecule has 0 saturated carbocycles. The van der Waals surface area contributed by atoms with Gasteiger partial charge in [-0.15, -0.1) is 0 Å². The number of aliphatic hydroxyl groups is 1. The molecule has 0 amide bonds. The maximum Gasteiger partial charge on any atom is 0.120 e. The number of para-hydroxylation sites is 1. The van der Waals surface area contributed by atoms with Gasteiger partial charge in [-0.25, -0.2) is 0 Å². The summed E-state index contributed by atoms with van der Waals surface area (Å²) in [6.45, 7) is 1.19. The number of rotatable bonds is 9. The van der Waals surface area contributed by atoms with Gasteiger partial charge in [0.2, 0.25) is 0 Å². The normalized spacial score (nSPS) is 11.6. The Hall–Kier alpha value is -2.98. The van der Waals surface area contributed by atoms with Crippen molar-refractivity contribution >= 4 is 5.69 Å². The Bertz CT molecular complexity index is 760. The summed E-state index contributed by atoms with van der Waals surface area (Å²) in [6.07, 6.45) is -0.593. The molecule has 4 heteroatoms. The van der Waals surface area contributed by atoms with Crippen LogP contribution in [0.5, 0.6) is 11.5 Å². The zero-order valence-electron chi connectivity index (χ0n) is 14.5. The van der Waals surface area contributed by atoms with Crippen molar-refractivity contribution in [2.75, 3.05) is 18.5 Å². The van der Waals surface area contributed by atoms with Gasteiger partial charge in [0.1, 0.15) is 30.8 Å². The quantitative estimate of drug-likeness (QED) is 0.610. The highest BCUT2D eigenvalue weighted by Crippen LogP contribution is 2.19. The van der Waals surface area contributed by atoms with Crippen LogP contribution in [-0.4, -0.2) is 24.4 Å². The predicted molar refractivity (Wildman–Crippen MR) is 104 cm³/mol. The molecule has 0 fully saturated rings. The van der Waals surface area contributed by atoms with Gasteiger partial charge >= 0.3 is 0 Å². The summed E-state index contributed by atoms with van der Waals surface area (Å²) in [5.74, 6) is 1.49. The maximum absolute atomic E-state index is 10.0. The minimum Gasteiger partial charge on any atom is -0.491 e. The van der Waals surface area contributed by atoms with Gasteiger partial charge in [-0.1, -0.05) is 48.5 Å². The van der Waals surface area contributed by atoms with Crippen LogP contribution in [0.2, 0.25) is 0 Å². The van der Waals surface area contributed by atoms with E-state index in [2.05, 4.69) is 5.32 Å². The maximum atomic E-state index is 10.0. The van der Waals surface area contributed by atoms with Crippen LogP contribution in [0.15, 0.2) is 84.9 Å². The fourth-order valence-electron chi connectivity index (χ4n) is 2.42. The highest BCUT2D eigenvalue weighted by Gasteiger charge is 2.05. The van der Waals surface area contributed by atoms with Gasteiger partial charge in [-0.2, -0.15) is 0 Å². The lowest BCUT2D eigenvalue weighted by Gasteiger charge is -2.14. The Morgan fingerprint density at radius 2 is 1.31 bits per heavy atom. The largest absolute Gasteiger partial charge is 0.491 e. The Balaban J connectivity index is 1.39. The molecular weight excluding hydrogens is 326 g/mol. The Kier molecular flexibility index (Phi) is 6.51. The van der Waals surface area contributed by atoms with Gasteiger partial charge < -0.3 is 19.9 Å². The number of benzene rings is 3. The molecule has 2 N–H and O–H groups in total. The first-order chi connectivity index (χ1) is 12.8. The average Bonchev–Trinajstić information content (AvgIpc) is 2.71. The second-order valence-electron chi connectivity index (χ2n) is 5.96. The molecule has 0 radical (unpaired) electrons. The molecule has 4 nitrogen and oxygen atoms in total. The smallest absolute Gasteiger partial charge is 0.120 e. The van der Waals surface area contributed by atoms with Crippen LogP contribution in [0.3, 0.4) is 0 Å². The van der Waals surface area contributed by atoms with Crippen molar-refractivity contribution in [3.05, 3.63) is 90.5 Å². The molecule has 0 aliphatic rings. The number of anilines is 1. The van der Waals surface area contributed by atoms with E-state index in [1.807, 2.05) is 84.9 Å². The van der Waals surface area contributed by atoms with E-state index < -0.39 is 6.10 Å². The third-order valence-corrected chi connectivity index (χ3v) is 3.83. The minimum atomic E-state index is -0.593. The number of hydrogen-bond acceptors (Lipinski definition) is 4. The number of hydrogen-bond donors (Lipinski definition) is 2. The van der Waals surface area contributed by atoms with Crippen LogP contribution < -0.4 is 14.8 Å². The summed E-state index contributed by atoms with van der Waals surface area (Å²) in [6, 6.07) is 27.2. The van der Waals surface area contributed by atoms with E-state index in [1.54, 1.807) is 0 Å². The van der Waals surface area contributed by atoms with Gasteiger partial charge in [0.25, 0.3) is 0 Å². The fourth-order valence-corrected chi connectivity index (χ4v) is 2.42. The van der Waals surface area contributed by atoms with Crippen LogP contribution in [0.4, 0.5) is 5.69 Å². The molecule has 0 aliphatic heterocycles. The minimum absolute atomic E-state index is 0.226. The summed E-state index contributed by atoms with van der Waals surface area (Å²) >= 11 is 0. The molecule has 0 spiro atoms. The van der Waals surface area contributed by atoms with Gasteiger partial charge in [0, 0.05) is 12.2 Å². The number of nitrogens with one attached hydrogen (secondary N) is 1. The molecule has 0 bridgehead atoms. The lowest BCUT2D eigenvalue weighted by atomic mass is 10.2. The molecule has 3 aromatic rings. The van der Waals surface area contributed by atoms with E-state index in [0.717, 1.165) is 17.0 Å². The second kappa shape index (κ2) is 9.49. The van der Waals surface area contributed by atoms with E-state index in [1.165, 1.54) is 0 Å². The number of aliphatic hydroxyl groups excluding tert-OH is 1. The molecule has 134 valence electrons. The summed E-state index contributed by atoms with van der Waals surface area (Å²) in [5, 5.41) is 13.2. The zero-order valence-corrected chi connectivity index (χ0v) is 14.5. The van der Waals surface area contributed by atoms with E-state index in [-0.39, 0.29) is 6.61 Å². The van der Waals surface area contributed by atoms with Crippen molar-refractivity contribution < 1.29 is 14.6 Å². The standard InChI is InChI=1S/C22H23NO3/c24-20(15-23-19-9-5-2-6-10-19)17-26-22-13-11-21(12-14-22)25-16-18-7-3-1-4-8-18/h1-14,20,23-24H,15-17H2. The van der Waals surface area contributed by atoms with Crippen LogP contribution >= 0.6 is 0 Å². The van der Waals surface area contributed by atoms with Crippen molar-refractivity contribution in [2.24, 2.45) is 0 Å². The number of ether oxygens (including phenoxy) is 2. The zero-order chi connectivity index (χ0) is 18.0. The van der Waals surface area contributed by atoms with Crippen molar-refractivity contribution in [2.45, 2.75) is 12.7 Å². The summed E-state index contributed by atoms with van der Waals surface area (Å²) in [4.78, 5) is 0. The molecule has 0 aliphatic carbocycles. The van der Waals surface area contributed by atoms with Gasteiger partial charge in [-0.05, 0) is 42.0 Å². The van der Waals surface area contributed by atoms with Crippen molar-refractivity contribution in [1.29, 1.82) is 0 Å². The molecule has 3 aromatic carbocycles. The average molecular weight is 349 g/mol. The van der Waals surface area contributed by atoms with Crippen molar-refractivity contribution in [1.82, 2.24) is 0 Å². The first-order valence-corrected chi connectivity index (χ1v) is 8.66. The third-order valence-electron chi connectivity index (χ3n) is 3.83. The van der Waals surface area contributed by atoms with Crippen LogP contribution in [0.25, 0.3) is 0 Å². The van der Waals surface area contributed by atoms with E-state index >= 15 is 0 Å². The fraction of sp³-hybridized carbons (Fsp3) is 0.182. The van der Waals surface area contributed by atoms with Crippen LogP contribution in [0, 0.1) is 0 Å². The van der Waals surface area contributed by atoms with Gasteiger partial charge in [0.05, 0.1) is 0 Å². The third kappa shape index (κ3) is 5.83. The molecule has 1 atom stereocenters. The van der Waals surface area contributed by atoms with Gasteiger partial charge in [0.15, 0.2) is 0 Å². The monoisotopic (exact) mass is 349 g/mol. The summed E-state index contributed by atoms with van der Waals surface area (Å²) in [5.41, 5.74) is 2.10. The lowest BCUT2D eigenvalue weighted by Crippen LogP contribution is -2.26. The highest BCUT2D eigenvalue weighted by molar-refractivity contribution is 5.42. The predicted octanol–water partition coefficient (Wildman–Crippen LogP) is 4.12. The SMILES string of the molecule is OC(CNc1ccccc1)COc1ccc(OCc2ccccc2)cc1. The Morgan fingerprint density at radius 1 is 0.731 bits per heavy atom. The Labute approximate surface area is 154 Å². The molecule has 0 saturated heterocycles. The molecule has 26 heavy (non-hydrogen) atoms. The lowest BCUT2D eigenvalue weighted by molar-refractivity contribution is 0.117. The second-order valence-corrected chi connectivity index (χ2v) is 5.96. The van der Waals surface area contributed by atoms with Gasteiger partial charge in [-0.3, -0.25) is 0 Å². The van der Waals surface area contributed by atoms with E-state index in [4.69, 9.17) is 9.47 Å². The molecule has 0 aromatic heterocycles. The molecular formula is C22H23NO3. The molecule has 1 unspecified atom stereocenters. The van der Waals surface area contributed by atoms with Crippen molar-refractivity contribution in [3.63, 3.8) is 0 Å². The highest BCUT2D eigenvalue weighted by atomic mass is 16.5. The van der Waals surface area contributed by atoms with E-state index in [0.29, 0.717) is 18.9 Å². The summed E-state index contributed by atoms with van der Waals surface area (Å²) < 4.78 is 11.4. The topological polar surface area (TPSA) is 50.7 Å².